The van der Waals surface area contributed by atoms with Crippen molar-refractivity contribution in [3.05, 3.63) is 23.8 Å². The highest BCUT2D eigenvalue weighted by atomic mass is 32.2. The summed E-state index contributed by atoms with van der Waals surface area (Å²) in [6, 6.07) is 8.89. The summed E-state index contributed by atoms with van der Waals surface area (Å²) in [6.07, 6.45) is 4.52. The third-order valence-electron chi connectivity index (χ3n) is 3.56. The molecule has 2 rings (SSSR count). The number of likely N-dealkylation sites (tertiary alicyclic amines) is 1. The van der Waals surface area contributed by atoms with Crippen LogP contribution in [0.15, 0.2) is 23.1 Å². The molecule has 1 heterocycles. The van der Waals surface area contributed by atoms with Gasteiger partial charge in [-0.15, -0.1) is 11.8 Å². The number of nitriles is 1. The van der Waals surface area contributed by atoms with Gasteiger partial charge in [0.25, 0.3) is 0 Å². The lowest BCUT2D eigenvalue weighted by Gasteiger charge is -2.21. The summed E-state index contributed by atoms with van der Waals surface area (Å²) in [4.78, 5) is 3.43. The van der Waals surface area contributed by atoms with Crippen LogP contribution >= 0.6 is 11.8 Å². The quantitative estimate of drug-likeness (QED) is 0.846. The lowest BCUT2D eigenvalue weighted by molar-refractivity contribution is 0.322. The molecule has 18 heavy (non-hydrogen) atoms. The Hall–Kier alpha value is -1.18. The third kappa shape index (κ3) is 2.80. The van der Waals surface area contributed by atoms with E-state index in [1.807, 2.05) is 24.5 Å². The molecule has 1 unspecified atom stereocenters. The molecular weight excluding hydrogens is 242 g/mol. The average molecular weight is 261 g/mol. The van der Waals surface area contributed by atoms with E-state index in [0.29, 0.717) is 6.04 Å². The van der Waals surface area contributed by atoms with Crippen molar-refractivity contribution < 1.29 is 0 Å². The van der Waals surface area contributed by atoms with Gasteiger partial charge in [-0.25, -0.2) is 0 Å². The molecule has 1 atom stereocenters. The summed E-state index contributed by atoms with van der Waals surface area (Å²) in [5.74, 6) is 0. The average Bonchev–Trinajstić information content (AvgIpc) is 2.81. The lowest BCUT2D eigenvalue weighted by atomic mass is 10.1. The van der Waals surface area contributed by atoms with E-state index in [-0.39, 0.29) is 0 Å². The van der Waals surface area contributed by atoms with Gasteiger partial charge in [0.1, 0.15) is 6.07 Å². The van der Waals surface area contributed by atoms with Crippen LogP contribution in [0.2, 0.25) is 0 Å². The van der Waals surface area contributed by atoms with Crippen molar-refractivity contribution in [1.29, 1.82) is 5.26 Å². The first-order valence-electron chi connectivity index (χ1n) is 6.27. The second kappa shape index (κ2) is 6.12. The van der Waals surface area contributed by atoms with Crippen molar-refractivity contribution in [2.24, 2.45) is 0 Å². The fraction of sp³-hybridized carbons (Fsp3) is 0.500. The highest BCUT2D eigenvalue weighted by molar-refractivity contribution is 7.98. The van der Waals surface area contributed by atoms with E-state index >= 15 is 0 Å². The molecule has 3 nitrogen and oxygen atoms in total. The molecule has 0 spiro atoms. The molecule has 1 aromatic rings. The minimum atomic E-state index is 0.592. The number of rotatable bonds is 4. The minimum absolute atomic E-state index is 0.592. The van der Waals surface area contributed by atoms with E-state index in [9.17, 15) is 5.26 Å². The van der Waals surface area contributed by atoms with Crippen LogP contribution in [0, 0.1) is 11.3 Å². The SMILES string of the molecule is CSc1cccc(NCC2CCCN2C)c1C#N. The molecule has 96 valence electrons. The molecule has 1 fully saturated rings. The van der Waals surface area contributed by atoms with E-state index in [4.69, 9.17) is 0 Å². The number of nitrogens with one attached hydrogen (secondary N) is 1. The van der Waals surface area contributed by atoms with Crippen LogP contribution in [-0.2, 0) is 0 Å². The number of nitrogens with zero attached hydrogens (tertiary/aromatic N) is 2. The molecule has 0 bridgehead atoms. The fourth-order valence-corrected chi connectivity index (χ4v) is 3.00. The van der Waals surface area contributed by atoms with Gasteiger partial charge in [-0.3, -0.25) is 0 Å². The summed E-state index contributed by atoms with van der Waals surface area (Å²) in [7, 11) is 2.17. The summed E-state index contributed by atoms with van der Waals surface area (Å²) in [6.45, 7) is 2.10. The van der Waals surface area contributed by atoms with E-state index in [0.717, 1.165) is 22.7 Å². The van der Waals surface area contributed by atoms with Crippen molar-refractivity contribution in [3.63, 3.8) is 0 Å². The molecule has 4 heteroatoms. The topological polar surface area (TPSA) is 39.1 Å². The Balaban J connectivity index is 2.07. The maximum atomic E-state index is 9.26. The second-order valence-electron chi connectivity index (χ2n) is 4.65. The van der Waals surface area contributed by atoms with E-state index in [1.54, 1.807) is 11.8 Å². The zero-order valence-electron chi connectivity index (χ0n) is 10.9. The number of likely N-dealkylation sites (N-methyl/N-ethyl adjacent to an activating group) is 1. The molecule has 0 amide bonds. The van der Waals surface area contributed by atoms with Gasteiger partial charge in [0.15, 0.2) is 0 Å². The highest BCUT2D eigenvalue weighted by Crippen LogP contribution is 2.26. The molecule has 1 saturated heterocycles. The second-order valence-corrected chi connectivity index (χ2v) is 5.50. The van der Waals surface area contributed by atoms with Crippen molar-refractivity contribution in [2.45, 2.75) is 23.8 Å². The van der Waals surface area contributed by atoms with Gasteiger partial charge < -0.3 is 10.2 Å². The lowest BCUT2D eigenvalue weighted by Crippen LogP contribution is -2.31. The number of benzene rings is 1. The molecule has 1 aliphatic rings. The van der Waals surface area contributed by atoms with Crippen LogP contribution in [0.25, 0.3) is 0 Å². The first-order chi connectivity index (χ1) is 8.76. The van der Waals surface area contributed by atoms with E-state index in [2.05, 4.69) is 23.3 Å². The Labute approximate surface area is 113 Å². The van der Waals surface area contributed by atoms with E-state index in [1.165, 1.54) is 19.4 Å². The van der Waals surface area contributed by atoms with Gasteiger partial charge in [-0.1, -0.05) is 6.07 Å². The van der Waals surface area contributed by atoms with Crippen LogP contribution in [0.1, 0.15) is 18.4 Å². The van der Waals surface area contributed by atoms with E-state index < -0.39 is 0 Å². The maximum Gasteiger partial charge on any atom is 0.102 e. The highest BCUT2D eigenvalue weighted by Gasteiger charge is 2.20. The summed E-state index contributed by atoms with van der Waals surface area (Å²) in [5.41, 5.74) is 1.73. The van der Waals surface area contributed by atoms with Gasteiger partial charge in [0.05, 0.1) is 11.3 Å². The smallest absolute Gasteiger partial charge is 0.102 e. The summed E-state index contributed by atoms with van der Waals surface area (Å²) >= 11 is 1.62. The summed E-state index contributed by atoms with van der Waals surface area (Å²) in [5, 5.41) is 12.7. The van der Waals surface area contributed by atoms with Gasteiger partial charge in [-0.2, -0.15) is 5.26 Å². The fourth-order valence-electron chi connectivity index (χ4n) is 2.43. The maximum absolute atomic E-state index is 9.26. The first kappa shape index (κ1) is 13.3. The van der Waals surface area contributed by atoms with Gasteiger partial charge in [-0.05, 0) is 44.8 Å². The van der Waals surface area contributed by atoms with Crippen LogP contribution in [-0.4, -0.2) is 37.3 Å². The molecule has 0 aliphatic carbocycles. The van der Waals surface area contributed by atoms with Crippen LogP contribution in [0.3, 0.4) is 0 Å². The number of hydrogen-bond acceptors (Lipinski definition) is 4. The summed E-state index contributed by atoms with van der Waals surface area (Å²) < 4.78 is 0. The molecular formula is C14H19N3S. The Morgan fingerprint density at radius 2 is 2.39 bits per heavy atom. The number of thioether (sulfide) groups is 1. The van der Waals surface area contributed by atoms with Gasteiger partial charge in [0.2, 0.25) is 0 Å². The molecule has 1 aromatic carbocycles. The van der Waals surface area contributed by atoms with Gasteiger partial charge >= 0.3 is 0 Å². The molecule has 0 aromatic heterocycles. The molecule has 1 aliphatic heterocycles. The monoisotopic (exact) mass is 261 g/mol. The van der Waals surface area contributed by atoms with Crippen LogP contribution in [0.4, 0.5) is 5.69 Å². The predicted octanol–water partition coefficient (Wildman–Crippen LogP) is 2.79. The number of anilines is 1. The van der Waals surface area contributed by atoms with Crippen molar-refractivity contribution in [1.82, 2.24) is 4.90 Å². The predicted molar refractivity (Wildman–Crippen MR) is 77.1 cm³/mol. The normalized spacial score (nSPS) is 19.7. The van der Waals surface area contributed by atoms with Gasteiger partial charge in [0, 0.05) is 17.5 Å². The van der Waals surface area contributed by atoms with Crippen molar-refractivity contribution in [2.75, 3.05) is 31.7 Å². The zero-order chi connectivity index (χ0) is 13.0. The molecule has 0 saturated carbocycles. The largest absolute Gasteiger partial charge is 0.382 e. The van der Waals surface area contributed by atoms with Crippen molar-refractivity contribution >= 4 is 17.4 Å². The minimum Gasteiger partial charge on any atom is -0.382 e. The standard InChI is InChI=1S/C14H19N3S/c1-17-8-4-5-11(17)10-16-13-6-3-7-14(18-2)12(13)9-15/h3,6-7,11,16H,4-5,8,10H2,1-2H3. The van der Waals surface area contributed by atoms with Crippen LogP contribution in [0.5, 0.6) is 0 Å². The Bertz CT molecular complexity index is 453. The molecule has 0 radical (unpaired) electrons. The zero-order valence-corrected chi connectivity index (χ0v) is 11.8. The third-order valence-corrected chi connectivity index (χ3v) is 4.34. The van der Waals surface area contributed by atoms with Crippen molar-refractivity contribution in [3.8, 4) is 6.07 Å². The Morgan fingerprint density at radius 1 is 1.56 bits per heavy atom. The first-order valence-corrected chi connectivity index (χ1v) is 7.50. The Morgan fingerprint density at radius 3 is 3.00 bits per heavy atom. The van der Waals surface area contributed by atoms with Crippen LogP contribution < -0.4 is 5.32 Å². The number of hydrogen-bond donors (Lipinski definition) is 1. The Kier molecular flexibility index (Phi) is 4.51. The molecule has 1 N–H and O–H groups in total.